The lowest BCUT2D eigenvalue weighted by molar-refractivity contribution is -0.278. The summed E-state index contributed by atoms with van der Waals surface area (Å²) in [5.41, 5.74) is 1.12. The molecule has 1 spiro atoms. The van der Waals surface area contributed by atoms with Crippen LogP contribution in [-0.2, 0) is 19.5 Å². The number of aromatic nitrogens is 1. The number of carbonyl (C=O) groups is 1. The first-order chi connectivity index (χ1) is 11.7. The Hall–Kier alpha value is -1.69. The highest BCUT2D eigenvalue weighted by atomic mass is 32.2. The average molecular weight is 374 g/mol. The smallest absolute Gasteiger partial charge is 0.322 e. The van der Waals surface area contributed by atoms with E-state index in [0.29, 0.717) is 23.7 Å². The maximum Gasteiger partial charge on any atom is 0.322 e. The first-order valence-electron chi connectivity index (χ1n) is 7.92. The lowest BCUT2D eigenvalue weighted by Crippen LogP contribution is -2.64. The maximum absolute atomic E-state index is 12.6. The fraction of sp³-hybridized carbons (Fsp3) is 0.714. The third-order valence-electron chi connectivity index (χ3n) is 4.30. The van der Waals surface area contributed by atoms with Crippen LogP contribution in [0.25, 0.3) is 0 Å². The van der Waals surface area contributed by atoms with E-state index in [-0.39, 0.29) is 38.9 Å². The zero-order valence-electron chi connectivity index (χ0n) is 14.4. The van der Waals surface area contributed by atoms with Crippen LogP contribution in [0.1, 0.15) is 11.5 Å². The predicted octanol–water partition coefficient (Wildman–Crippen LogP) is 0.144. The van der Waals surface area contributed by atoms with Gasteiger partial charge in [-0.05, 0) is 13.8 Å². The Balaban J connectivity index is 1.71. The molecule has 2 saturated heterocycles. The quantitative estimate of drug-likeness (QED) is 0.783. The maximum atomic E-state index is 12.6. The van der Waals surface area contributed by atoms with Gasteiger partial charge in [-0.2, -0.15) is 4.31 Å². The number of hydrogen-bond acceptors (Lipinski definition) is 7. The number of sulfonamides is 1. The fourth-order valence-corrected chi connectivity index (χ4v) is 3.81. The summed E-state index contributed by atoms with van der Waals surface area (Å²) in [6, 6.07) is -0.336. The molecule has 1 unspecified atom stereocenters. The first kappa shape index (κ1) is 18.1. The van der Waals surface area contributed by atoms with Crippen LogP contribution in [0.5, 0.6) is 0 Å². The highest BCUT2D eigenvalue weighted by molar-refractivity contribution is 7.88. The van der Waals surface area contributed by atoms with Crippen LogP contribution in [-0.4, -0.2) is 80.2 Å². The van der Waals surface area contributed by atoms with Crippen LogP contribution in [0.4, 0.5) is 10.5 Å². The Labute approximate surface area is 146 Å². The number of carbonyl (C=O) groups excluding carboxylic acids is 1. The van der Waals surface area contributed by atoms with E-state index in [0.717, 1.165) is 6.26 Å². The van der Waals surface area contributed by atoms with Crippen LogP contribution in [0.2, 0.25) is 0 Å². The highest BCUT2D eigenvalue weighted by Gasteiger charge is 2.45. The minimum absolute atomic E-state index is 0.0565. The molecule has 0 bridgehead atoms. The molecule has 3 rings (SSSR count). The standard InChI is InChI=1S/C14H22N4O6S/c1-10-12(11(2)24-16-10)15-13(19)17-4-6-22-14(8-17)9-18(5-7-23-14)25(3,20)21/h4-9H2,1-3H3,(H,15,19). The number of anilines is 1. The van der Waals surface area contributed by atoms with Gasteiger partial charge in [0, 0.05) is 13.1 Å². The van der Waals surface area contributed by atoms with Gasteiger partial charge < -0.3 is 24.2 Å². The predicted molar refractivity (Wildman–Crippen MR) is 87.6 cm³/mol. The van der Waals surface area contributed by atoms with Crippen molar-refractivity contribution in [2.75, 3.05) is 51.0 Å². The van der Waals surface area contributed by atoms with Crippen LogP contribution >= 0.6 is 0 Å². The number of rotatable bonds is 2. The topological polar surface area (TPSA) is 114 Å². The molecule has 10 nitrogen and oxygen atoms in total. The average Bonchev–Trinajstić information content (AvgIpc) is 2.86. The molecule has 11 heteroatoms. The minimum Gasteiger partial charge on any atom is -0.359 e. The number of aryl methyl sites for hydroxylation is 2. The second kappa shape index (κ2) is 6.56. The Bertz CT molecular complexity index is 740. The molecule has 1 aromatic rings. The van der Waals surface area contributed by atoms with Crippen LogP contribution in [0.3, 0.4) is 0 Å². The summed E-state index contributed by atoms with van der Waals surface area (Å²) in [5, 5.41) is 6.58. The van der Waals surface area contributed by atoms with Crippen molar-refractivity contribution in [2.45, 2.75) is 19.6 Å². The van der Waals surface area contributed by atoms with E-state index in [9.17, 15) is 13.2 Å². The summed E-state index contributed by atoms with van der Waals surface area (Å²) in [6.45, 7) is 4.76. The van der Waals surface area contributed by atoms with Crippen molar-refractivity contribution in [1.29, 1.82) is 0 Å². The van der Waals surface area contributed by atoms with Crippen molar-refractivity contribution in [1.82, 2.24) is 14.4 Å². The normalized spacial score (nSPS) is 25.3. The van der Waals surface area contributed by atoms with Gasteiger partial charge in [-0.3, -0.25) is 0 Å². The van der Waals surface area contributed by atoms with E-state index in [2.05, 4.69) is 10.5 Å². The van der Waals surface area contributed by atoms with E-state index in [4.69, 9.17) is 14.0 Å². The van der Waals surface area contributed by atoms with Crippen LogP contribution in [0, 0.1) is 13.8 Å². The molecule has 0 saturated carbocycles. The van der Waals surface area contributed by atoms with Gasteiger partial charge in [0.05, 0.1) is 32.6 Å². The number of nitrogens with one attached hydrogen (secondary N) is 1. The molecule has 1 atom stereocenters. The molecule has 0 aromatic carbocycles. The van der Waals surface area contributed by atoms with Crippen molar-refractivity contribution < 1.29 is 27.2 Å². The summed E-state index contributed by atoms with van der Waals surface area (Å²) < 4.78 is 41.4. The van der Waals surface area contributed by atoms with Gasteiger partial charge in [0.15, 0.2) is 11.5 Å². The summed E-state index contributed by atoms with van der Waals surface area (Å²) in [4.78, 5) is 14.1. The molecule has 2 amide bonds. The molecular formula is C14H22N4O6S. The van der Waals surface area contributed by atoms with Gasteiger partial charge in [-0.15, -0.1) is 0 Å². The second-order valence-corrected chi connectivity index (χ2v) is 8.24. The van der Waals surface area contributed by atoms with Crippen molar-refractivity contribution in [2.24, 2.45) is 0 Å². The van der Waals surface area contributed by atoms with Gasteiger partial charge in [0.25, 0.3) is 0 Å². The van der Waals surface area contributed by atoms with Crippen molar-refractivity contribution in [3.63, 3.8) is 0 Å². The lowest BCUT2D eigenvalue weighted by atomic mass is 10.2. The number of ether oxygens (including phenoxy) is 2. The van der Waals surface area contributed by atoms with E-state index < -0.39 is 15.8 Å². The zero-order valence-corrected chi connectivity index (χ0v) is 15.3. The van der Waals surface area contributed by atoms with Gasteiger partial charge in [-0.25, -0.2) is 13.2 Å². The van der Waals surface area contributed by atoms with Gasteiger partial charge in [0.2, 0.25) is 10.0 Å². The van der Waals surface area contributed by atoms with E-state index in [1.807, 2.05) is 0 Å². The number of nitrogens with zero attached hydrogens (tertiary/aromatic N) is 3. The van der Waals surface area contributed by atoms with Gasteiger partial charge in [0.1, 0.15) is 11.4 Å². The molecule has 2 aliphatic heterocycles. The number of morpholine rings is 2. The molecule has 0 aliphatic carbocycles. The summed E-state index contributed by atoms with van der Waals surface area (Å²) in [7, 11) is -3.36. The zero-order chi connectivity index (χ0) is 18.2. The van der Waals surface area contributed by atoms with E-state index >= 15 is 0 Å². The SMILES string of the molecule is Cc1noc(C)c1NC(=O)N1CCOC2(C1)CN(S(C)(=O)=O)CCO2. The minimum atomic E-state index is -3.36. The first-order valence-corrected chi connectivity index (χ1v) is 9.77. The largest absolute Gasteiger partial charge is 0.359 e. The number of amides is 2. The number of urea groups is 1. The Morgan fingerprint density at radius 3 is 2.48 bits per heavy atom. The molecule has 25 heavy (non-hydrogen) atoms. The summed E-state index contributed by atoms with van der Waals surface area (Å²) in [6.07, 6.45) is 1.15. The molecule has 0 radical (unpaired) electrons. The van der Waals surface area contributed by atoms with E-state index in [1.165, 1.54) is 4.31 Å². The van der Waals surface area contributed by atoms with Crippen LogP contribution in [0.15, 0.2) is 4.52 Å². The fourth-order valence-electron chi connectivity index (χ4n) is 2.97. The highest BCUT2D eigenvalue weighted by Crippen LogP contribution is 2.27. The number of hydrogen-bond donors (Lipinski definition) is 1. The molecule has 3 heterocycles. The summed E-state index contributed by atoms with van der Waals surface area (Å²) >= 11 is 0. The Morgan fingerprint density at radius 2 is 1.88 bits per heavy atom. The molecule has 2 fully saturated rings. The molecular weight excluding hydrogens is 352 g/mol. The molecule has 2 aliphatic rings. The monoisotopic (exact) mass is 374 g/mol. The van der Waals surface area contributed by atoms with Crippen molar-refractivity contribution in [3.8, 4) is 0 Å². The van der Waals surface area contributed by atoms with Crippen LogP contribution < -0.4 is 5.32 Å². The van der Waals surface area contributed by atoms with Crippen molar-refractivity contribution in [3.05, 3.63) is 11.5 Å². The summed E-state index contributed by atoms with van der Waals surface area (Å²) in [5.74, 6) is -0.624. The van der Waals surface area contributed by atoms with Crippen molar-refractivity contribution >= 4 is 21.7 Å². The van der Waals surface area contributed by atoms with Gasteiger partial charge >= 0.3 is 6.03 Å². The Morgan fingerprint density at radius 1 is 1.20 bits per heavy atom. The third kappa shape index (κ3) is 3.78. The molecule has 1 N–H and O–H groups in total. The van der Waals surface area contributed by atoms with E-state index in [1.54, 1.807) is 18.7 Å². The third-order valence-corrected chi connectivity index (χ3v) is 5.55. The van der Waals surface area contributed by atoms with Gasteiger partial charge in [-0.1, -0.05) is 5.16 Å². The lowest BCUT2D eigenvalue weighted by Gasteiger charge is -2.46. The Kier molecular flexibility index (Phi) is 4.75. The molecule has 140 valence electrons. The second-order valence-electron chi connectivity index (χ2n) is 6.26. The molecule has 1 aromatic heterocycles.